The van der Waals surface area contributed by atoms with Crippen LogP contribution in [-0.4, -0.2) is 34.7 Å². The Labute approximate surface area is 96.0 Å². The van der Waals surface area contributed by atoms with E-state index in [0.717, 1.165) is 0 Å². The molecule has 1 saturated heterocycles. The minimum absolute atomic E-state index is 0.171. The largest absolute Gasteiger partial charge is 0.498 e. The van der Waals surface area contributed by atoms with Gasteiger partial charge in [0.1, 0.15) is 12.6 Å². The number of carbonyl (C=O) groups excluding carboxylic acids is 1. The number of nitriles is 1. The van der Waals surface area contributed by atoms with Gasteiger partial charge in [0.2, 0.25) is 0 Å². The molecule has 1 heterocycles. The van der Waals surface area contributed by atoms with Gasteiger partial charge >= 0.3 is 0 Å². The molecule has 16 heavy (non-hydrogen) atoms. The Morgan fingerprint density at radius 2 is 2.19 bits per heavy atom. The van der Waals surface area contributed by atoms with Crippen molar-refractivity contribution in [1.29, 1.82) is 5.26 Å². The van der Waals surface area contributed by atoms with Gasteiger partial charge in [0.05, 0.1) is 24.1 Å². The molecule has 0 bridgehead atoms. The molecule has 5 nitrogen and oxygen atoms in total. The summed E-state index contributed by atoms with van der Waals surface area (Å²) in [6.07, 6.45) is -0.349. The average Bonchev–Trinajstić information content (AvgIpc) is 2.43. The van der Waals surface area contributed by atoms with Crippen molar-refractivity contribution in [3.05, 3.63) is 0 Å². The summed E-state index contributed by atoms with van der Waals surface area (Å²) in [4.78, 5) is 11.5. The zero-order valence-electron chi connectivity index (χ0n) is 10.1. The van der Waals surface area contributed by atoms with E-state index in [1.807, 2.05) is 26.8 Å². The molecule has 1 rings (SSSR count). The van der Waals surface area contributed by atoms with Crippen LogP contribution in [0.5, 0.6) is 0 Å². The van der Waals surface area contributed by atoms with Crippen molar-refractivity contribution in [2.24, 2.45) is 5.73 Å². The Bertz CT molecular complexity index is 329. The highest BCUT2D eigenvalue weighted by molar-refractivity contribution is 5.55. The number of carbonyl (C=O) groups is 1. The average molecular weight is 225 g/mol. The number of amides is 1. The highest BCUT2D eigenvalue weighted by Crippen LogP contribution is 2.37. The standard InChI is InChI=1S/C11H19N3O2/c1-11(2,3)14(10(15)16)7-8(13)6-9(14)4-5-12/h8-9H,4,6-7,13H2,1-3H3/t8-,9+,14?/m1/s1. The second-order valence-corrected chi connectivity index (χ2v) is 5.50. The molecule has 90 valence electrons. The maximum atomic E-state index is 11.5. The molecular weight excluding hydrogens is 206 g/mol. The van der Waals surface area contributed by atoms with Gasteiger partial charge in [0, 0.05) is 6.42 Å². The fraction of sp³-hybridized carbons (Fsp3) is 0.818. The van der Waals surface area contributed by atoms with Gasteiger partial charge in [-0.15, -0.1) is 0 Å². The Kier molecular flexibility index (Phi) is 3.27. The molecule has 5 heteroatoms. The van der Waals surface area contributed by atoms with Gasteiger partial charge in [-0.05, 0) is 20.8 Å². The van der Waals surface area contributed by atoms with Crippen molar-refractivity contribution < 1.29 is 14.4 Å². The first-order valence-electron chi connectivity index (χ1n) is 5.47. The van der Waals surface area contributed by atoms with E-state index in [2.05, 4.69) is 0 Å². The van der Waals surface area contributed by atoms with Crippen LogP contribution in [0.25, 0.3) is 0 Å². The van der Waals surface area contributed by atoms with E-state index in [9.17, 15) is 9.90 Å². The molecule has 0 aromatic rings. The van der Waals surface area contributed by atoms with Gasteiger partial charge in [0.15, 0.2) is 0 Å². The third-order valence-electron chi connectivity index (χ3n) is 3.57. The first-order chi connectivity index (χ1) is 7.25. The number of hydrogen-bond donors (Lipinski definition) is 1. The Morgan fingerprint density at radius 1 is 1.62 bits per heavy atom. The number of rotatable bonds is 1. The smallest absolute Gasteiger partial charge is 0.258 e. The minimum atomic E-state index is -1.12. The molecule has 1 aliphatic rings. The van der Waals surface area contributed by atoms with Crippen molar-refractivity contribution in [2.75, 3.05) is 6.54 Å². The number of nitrogens with two attached hydrogens (primary N) is 1. The van der Waals surface area contributed by atoms with Crippen LogP contribution in [0.4, 0.5) is 4.79 Å². The lowest BCUT2D eigenvalue weighted by atomic mass is 9.98. The lowest BCUT2D eigenvalue weighted by Crippen LogP contribution is -2.70. The molecule has 0 spiro atoms. The molecule has 2 N–H and O–H groups in total. The predicted octanol–water partition coefficient (Wildman–Crippen LogP) is -0.0417. The molecule has 1 unspecified atom stereocenters. The first-order valence-corrected chi connectivity index (χ1v) is 5.47. The summed E-state index contributed by atoms with van der Waals surface area (Å²) >= 11 is 0. The van der Waals surface area contributed by atoms with Gasteiger partial charge in [0.25, 0.3) is 6.09 Å². The zero-order chi connectivity index (χ0) is 12.6. The lowest BCUT2D eigenvalue weighted by molar-refractivity contribution is -0.930. The van der Waals surface area contributed by atoms with E-state index >= 15 is 0 Å². The highest BCUT2D eigenvalue weighted by Gasteiger charge is 2.54. The molecule has 1 fully saturated rings. The maximum absolute atomic E-state index is 11.5. The van der Waals surface area contributed by atoms with E-state index in [-0.39, 0.29) is 23.0 Å². The Morgan fingerprint density at radius 3 is 2.56 bits per heavy atom. The third-order valence-corrected chi connectivity index (χ3v) is 3.57. The number of nitrogens with zero attached hydrogens (tertiary/aromatic N) is 2. The van der Waals surface area contributed by atoms with Crippen LogP contribution in [0, 0.1) is 11.3 Å². The van der Waals surface area contributed by atoms with Crippen LogP contribution >= 0.6 is 0 Å². The second kappa shape index (κ2) is 4.04. The number of likely N-dealkylation sites (tertiary alicyclic amines) is 1. The van der Waals surface area contributed by atoms with Gasteiger partial charge in [-0.3, -0.25) is 4.48 Å². The molecule has 0 aromatic heterocycles. The summed E-state index contributed by atoms with van der Waals surface area (Å²) in [6.45, 7) is 5.90. The van der Waals surface area contributed by atoms with Crippen molar-refractivity contribution in [2.45, 2.75) is 51.2 Å². The molecule has 0 saturated carbocycles. The molecule has 0 aromatic carbocycles. The fourth-order valence-corrected chi connectivity index (χ4v) is 2.79. The summed E-state index contributed by atoms with van der Waals surface area (Å²) < 4.78 is -0.207. The van der Waals surface area contributed by atoms with Crippen LogP contribution in [-0.2, 0) is 0 Å². The lowest BCUT2D eigenvalue weighted by Gasteiger charge is -2.48. The van der Waals surface area contributed by atoms with Crippen LogP contribution in [0.15, 0.2) is 0 Å². The quantitative estimate of drug-likeness (QED) is 0.634. The molecular formula is C11H19N3O2. The number of carboxylic acid groups (broad SMARTS) is 1. The van der Waals surface area contributed by atoms with Crippen molar-refractivity contribution >= 4 is 6.09 Å². The van der Waals surface area contributed by atoms with Crippen LogP contribution in [0.3, 0.4) is 0 Å². The third kappa shape index (κ3) is 1.79. The van der Waals surface area contributed by atoms with Gasteiger partial charge in [-0.1, -0.05) is 0 Å². The van der Waals surface area contributed by atoms with Crippen LogP contribution in [0.1, 0.15) is 33.6 Å². The summed E-state index contributed by atoms with van der Waals surface area (Å²) in [5, 5.41) is 20.3. The van der Waals surface area contributed by atoms with E-state index in [1.165, 1.54) is 0 Å². The Balaban J connectivity index is 3.18. The summed E-state index contributed by atoms with van der Waals surface area (Å²) in [7, 11) is 0. The van der Waals surface area contributed by atoms with Gasteiger partial charge < -0.3 is 15.6 Å². The maximum Gasteiger partial charge on any atom is 0.258 e. The molecule has 0 aliphatic carbocycles. The highest BCUT2D eigenvalue weighted by atomic mass is 16.4. The molecule has 1 amide bonds. The van der Waals surface area contributed by atoms with E-state index in [4.69, 9.17) is 11.0 Å². The molecule has 0 radical (unpaired) electrons. The minimum Gasteiger partial charge on any atom is -0.498 e. The van der Waals surface area contributed by atoms with E-state index in [0.29, 0.717) is 13.0 Å². The van der Waals surface area contributed by atoms with E-state index < -0.39 is 11.6 Å². The summed E-state index contributed by atoms with van der Waals surface area (Å²) in [6, 6.07) is 1.62. The Hall–Kier alpha value is -1.12. The first kappa shape index (κ1) is 12.9. The van der Waals surface area contributed by atoms with Crippen molar-refractivity contribution in [1.82, 2.24) is 0 Å². The zero-order valence-corrected chi connectivity index (χ0v) is 10.1. The van der Waals surface area contributed by atoms with Crippen LogP contribution in [0.2, 0.25) is 0 Å². The van der Waals surface area contributed by atoms with Crippen molar-refractivity contribution in [3.63, 3.8) is 0 Å². The fourth-order valence-electron chi connectivity index (χ4n) is 2.79. The van der Waals surface area contributed by atoms with E-state index in [1.54, 1.807) is 0 Å². The summed E-state index contributed by atoms with van der Waals surface area (Å²) in [5.74, 6) is 0. The SMILES string of the molecule is CC(C)(C)[N+]1(C(=O)[O-])C[C@H](N)C[C@@H]1CC#N. The number of hydrogen-bond acceptors (Lipinski definition) is 4. The molecule has 3 atom stereocenters. The van der Waals surface area contributed by atoms with Crippen molar-refractivity contribution in [3.8, 4) is 6.07 Å². The van der Waals surface area contributed by atoms with Gasteiger partial charge in [-0.2, -0.15) is 5.26 Å². The van der Waals surface area contributed by atoms with Gasteiger partial charge in [-0.25, -0.2) is 0 Å². The second-order valence-electron chi connectivity index (χ2n) is 5.50. The summed E-state index contributed by atoms with van der Waals surface area (Å²) in [5.41, 5.74) is 5.34. The number of quaternary nitrogens is 1. The topological polar surface area (TPSA) is 89.9 Å². The van der Waals surface area contributed by atoms with Crippen LogP contribution < -0.4 is 10.8 Å². The molecule has 1 aliphatic heterocycles. The predicted molar refractivity (Wildman–Crippen MR) is 56.9 cm³/mol. The normalized spacial score (nSPS) is 34.7. The monoisotopic (exact) mass is 225 g/mol.